The molecule has 0 aliphatic carbocycles. The van der Waals surface area contributed by atoms with Crippen molar-refractivity contribution < 1.29 is 19.0 Å². The summed E-state index contributed by atoms with van der Waals surface area (Å²) in [7, 11) is 0. The Morgan fingerprint density at radius 3 is 2.73 bits per heavy atom. The van der Waals surface area contributed by atoms with Crippen molar-refractivity contribution in [1.82, 2.24) is 0 Å². The highest BCUT2D eigenvalue weighted by atomic mass is 16.7. The van der Waals surface area contributed by atoms with Gasteiger partial charge in [-0.25, -0.2) is 0 Å². The van der Waals surface area contributed by atoms with E-state index in [1.165, 1.54) is 0 Å². The molecule has 5 heteroatoms. The molecule has 1 aliphatic rings. The Bertz CT molecular complexity index is 955. The number of hydrogen-bond acceptors (Lipinski definition) is 5. The van der Waals surface area contributed by atoms with E-state index in [0.717, 1.165) is 5.56 Å². The van der Waals surface area contributed by atoms with E-state index in [4.69, 9.17) is 13.9 Å². The highest BCUT2D eigenvalue weighted by molar-refractivity contribution is 5.82. The molecule has 5 nitrogen and oxygen atoms in total. The fraction of sp³-hybridized carbons (Fsp3) is 0.118. The first-order valence-electron chi connectivity index (χ1n) is 6.80. The van der Waals surface area contributed by atoms with Crippen LogP contribution in [0.4, 0.5) is 0 Å². The molecule has 1 aromatic heterocycles. The molecule has 110 valence electrons. The second-order valence-electron chi connectivity index (χ2n) is 5.18. The lowest BCUT2D eigenvalue weighted by Crippen LogP contribution is -2.02. The summed E-state index contributed by atoms with van der Waals surface area (Å²) >= 11 is 0. The van der Waals surface area contributed by atoms with Crippen LogP contribution in [0.3, 0.4) is 0 Å². The topological polar surface area (TPSA) is 68.9 Å². The predicted molar refractivity (Wildman–Crippen MR) is 80.4 cm³/mol. The second-order valence-corrected chi connectivity index (χ2v) is 5.18. The lowest BCUT2D eigenvalue weighted by molar-refractivity contribution is 0.174. The van der Waals surface area contributed by atoms with Gasteiger partial charge in [0.1, 0.15) is 5.58 Å². The summed E-state index contributed by atoms with van der Waals surface area (Å²) in [6.45, 7) is 2.04. The van der Waals surface area contributed by atoms with E-state index < -0.39 is 11.2 Å². The van der Waals surface area contributed by atoms with Gasteiger partial charge >= 0.3 is 0 Å². The average molecular weight is 296 g/mol. The molecular weight excluding hydrogens is 284 g/mol. The van der Waals surface area contributed by atoms with Crippen molar-refractivity contribution in [1.29, 1.82) is 0 Å². The molecule has 0 saturated heterocycles. The van der Waals surface area contributed by atoms with Crippen molar-refractivity contribution in [3.63, 3.8) is 0 Å². The standard InChI is InChI=1S/C17H12O5/c1-9-2-4-12-11(6-9)15(18)16(19)17(22-12)10-3-5-13-14(7-10)21-8-20-13/h2-7,19H,8H2,1H3. The molecule has 0 atom stereocenters. The highest BCUT2D eigenvalue weighted by Crippen LogP contribution is 2.38. The van der Waals surface area contributed by atoms with Crippen LogP contribution in [0.15, 0.2) is 45.6 Å². The van der Waals surface area contributed by atoms with Crippen LogP contribution < -0.4 is 14.9 Å². The summed E-state index contributed by atoms with van der Waals surface area (Å²) in [4.78, 5) is 12.3. The molecule has 2 heterocycles. The van der Waals surface area contributed by atoms with Gasteiger partial charge in [0.25, 0.3) is 0 Å². The fourth-order valence-electron chi connectivity index (χ4n) is 2.53. The molecule has 4 rings (SSSR count). The maximum Gasteiger partial charge on any atom is 0.235 e. The number of aryl methyl sites for hydroxylation is 1. The normalized spacial score (nSPS) is 12.8. The van der Waals surface area contributed by atoms with E-state index >= 15 is 0 Å². The van der Waals surface area contributed by atoms with Crippen molar-refractivity contribution in [3.05, 3.63) is 52.2 Å². The van der Waals surface area contributed by atoms with Gasteiger partial charge in [-0.3, -0.25) is 4.79 Å². The quantitative estimate of drug-likeness (QED) is 0.746. The summed E-state index contributed by atoms with van der Waals surface area (Å²) in [6, 6.07) is 10.4. The van der Waals surface area contributed by atoms with Crippen molar-refractivity contribution in [3.8, 4) is 28.6 Å². The smallest absolute Gasteiger partial charge is 0.235 e. The first-order chi connectivity index (χ1) is 10.6. The average Bonchev–Trinajstić information content (AvgIpc) is 2.99. The minimum absolute atomic E-state index is 0.125. The Morgan fingerprint density at radius 1 is 1.05 bits per heavy atom. The third kappa shape index (κ3) is 1.83. The molecule has 0 bridgehead atoms. The molecule has 1 N–H and O–H groups in total. The highest BCUT2D eigenvalue weighted by Gasteiger charge is 2.19. The summed E-state index contributed by atoms with van der Waals surface area (Å²) in [5.41, 5.74) is 1.47. The molecule has 0 radical (unpaired) electrons. The van der Waals surface area contributed by atoms with Crippen LogP contribution in [0, 0.1) is 6.92 Å². The summed E-state index contributed by atoms with van der Waals surface area (Å²) < 4.78 is 16.3. The molecule has 3 aromatic rings. The zero-order valence-corrected chi connectivity index (χ0v) is 11.8. The van der Waals surface area contributed by atoms with Crippen LogP contribution in [0.2, 0.25) is 0 Å². The Hall–Kier alpha value is -2.95. The molecule has 2 aromatic carbocycles. The van der Waals surface area contributed by atoms with E-state index in [0.29, 0.717) is 28.0 Å². The van der Waals surface area contributed by atoms with Crippen LogP contribution in [0.1, 0.15) is 5.56 Å². The van der Waals surface area contributed by atoms with Gasteiger partial charge in [0, 0.05) is 5.56 Å². The van der Waals surface area contributed by atoms with Crippen molar-refractivity contribution in [2.24, 2.45) is 0 Å². The van der Waals surface area contributed by atoms with Gasteiger partial charge in [0.05, 0.1) is 5.39 Å². The third-order valence-electron chi connectivity index (χ3n) is 3.66. The SMILES string of the molecule is Cc1ccc2oc(-c3ccc4c(c3)OCO4)c(O)c(=O)c2c1. The van der Waals surface area contributed by atoms with E-state index in [9.17, 15) is 9.90 Å². The van der Waals surface area contributed by atoms with Crippen LogP contribution in [0.25, 0.3) is 22.3 Å². The molecule has 0 fully saturated rings. The Morgan fingerprint density at radius 2 is 1.86 bits per heavy atom. The molecule has 0 amide bonds. The van der Waals surface area contributed by atoms with Gasteiger partial charge in [-0.1, -0.05) is 11.6 Å². The summed E-state index contributed by atoms with van der Waals surface area (Å²) in [5, 5.41) is 10.6. The number of rotatable bonds is 1. The first kappa shape index (κ1) is 12.8. The van der Waals surface area contributed by atoms with E-state index in [1.807, 2.05) is 13.0 Å². The Kier molecular flexibility index (Phi) is 2.63. The monoisotopic (exact) mass is 296 g/mol. The lowest BCUT2D eigenvalue weighted by Gasteiger charge is -2.07. The van der Waals surface area contributed by atoms with Crippen LogP contribution in [-0.2, 0) is 0 Å². The minimum Gasteiger partial charge on any atom is -0.502 e. The van der Waals surface area contributed by atoms with E-state index in [2.05, 4.69) is 0 Å². The molecule has 1 aliphatic heterocycles. The van der Waals surface area contributed by atoms with Gasteiger partial charge in [-0.05, 0) is 37.3 Å². The third-order valence-corrected chi connectivity index (χ3v) is 3.66. The molecule has 0 spiro atoms. The molecular formula is C17H12O5. The number of aromatic hydroxyl groups is 1. The van der Waals surface area contributed by atoms with Crippen molar-refractivity contribution in [2.75, 3.05) is 6.79 Å². The van der Waals surface area contributed by atoms with Crippen LogP contribution in [0.5, 0.6) is 17.2 Å². The maximum atomic E-state index is 12.3. The Labute approximate surface area is 125 Å². The zero-order chi connectivity index (χ0) is 15.3. The van der Waals surface area contributed by atoms with Gasteiger partial charge in [0.2, 0.25) is 18.0 Å². The summed E-state index contributed by atoms with van der Waals surface area (Å²) in [5.74, 6) is 0.905. The minimum atomic E-state index is -0.447. The number of hydrogen-bond donors (Lipinski definition) is 1. The lowest BCUT2D eigenvalue weighted by atomic mass is 10.1. The van der Waals surface area contributed by atoms with Crippen molar-refractivity contribution in [2.45, 2.75) is 6.92 Å². The number of benzene rings is 2. The number of fused-ring (bicyclic) bond motifs is 2. The molecule has 0 saturated carbocycles. The van der Waals surface area contributed by atoms with Crippen molar-refractivity contribution >= 4 is 11.0 Å². The molecule has 0 unspecified atom stereocenters. The zero-order valence-electron chi connectivity index (χ0n) is 11.8. The van der Waals surface area contributed by atoms with Crippen LogP contribution in [-0.4, -0.2) is 11.9 Å². The van der Waals surface area contributed by atoms with Gasteiger partial charge in [-0.15, -0.1) is 0 Å². The largest absolute Gasteiger partial charge is 0.502 e. The van der Waals surface area contributed by atoms with E-state index in [1.54, 1.807) is 30.3 Å². The van der Waals surface area contributed by atoms with Crippen LogP contribution >= 0.6 is 0 Å². The summed E-state index contributed by atoms with van der Waals surface area (Å²) in [6.07, 6.45) is 0. The second kappa shape index (κ2) is 4.53. The van der Waals surface area contributed by atoms with E-state index in [-0.39, 0.29) is 12.6 Å². The van der Waals surface area contributed by atoms with Gasteiger partial charge < -0.3 is 19.0 Å². The first-order valence-corrected chi connectivity index (χ1v) is 6.80. The molecule has 22 heavy (non-hydrogen) atoms. The maximum absolute atomic E-state index is 12.3. The predicted octanol–water partition coefficient (Wildman–Crippen LogP) is 3.20. The number of ether oxygens (including phenoxy) is 2. The van der Waals surface area contributed by atoms with Gasteiger partial charge in [-0.2, -0.15) is 0 Å². The fourth-order valence-corrected chi connectivity index (χ4v) is 2.53. The Balaban J connectivity index is 1.97. The van der Waals surface area contributed by atoms with Gasteiger partial charge in [0.15, 0.2) is 17.3 Å².